The Hall–Kier alpha value is -0.300. The number of allylic oxidation sites excluding steroid dienone is 2. The van der Waals surface area contributed by atoms with Gasteiger partial charge in [0.05, 0.1) is 6.10 Å². The number of aliphatic hydroxyl groups is 1. The fourth-order valence-corrected chi connectivity index (χ4v) is 10.9. The Morgan fingerprint density at radius 3 is 2.12 bits per heavy atom. The quantitative estimate of drug-likeness (QED) is 0.375. The minimum atomic E-state index is -0.129. The van der Waals surface area contributed by atoms with Gasteiger partial charge in [-0.1, -0.05) is 74.0 Å². The summed E-state index contributed by atoms with van der Waals surface area (Å²) in [5.74, 6) is 2.93. The molecule has 4 saturated carbocycles. The second-order valence-corrected chi connectivity index (χ2v) is 15.6. The Bertz CT molecular complexity index is 820. The van der Waals surface area contributed by atoms with Gasteiger partial charge in [-0.05, 0) is 114 Å². The van der Waals surface area contributed by atoms with Crippen LogP contribution in [0.5, 0.6) is 0 Å². The maximum absolute atomic E-state index is 10.9. The molecule has 9 atom stereocenters. The lowest BCUT2D eigenvalue weighted by atomic mass is 9.33. The lowest BCUT2D eigenvalue weighted by Crippen LogP contribution is -2.65. The third-order valence-electron chi connectivity index (χ3n) is 13.9. The standard InChI is InChI=1S/C31H52O/c1-20-25-21-10-11-23-29(7)14-13-24(32)27(4,5)22(29)12-15-31(23,9)30(21,8)19-18-28(25,6)17-16-26(20,2)3/h10,20,22-25,32H,11-19H2,1-9H3/t20?,22?,23?,24-,25?,28+,29-,30+,31+/m0/s1. The molecule has 1 heteroatoms. The summed E-state index contributed by atoms with van der Waals surface area (Å²) in [6.07, 6.45) is 14.4. The van der Waals surface area contributed by atoms with E-state index in [2.05, 4.69) is 68.4 Å². The molecule has 0 bridgehead atoms. The highest BCUT2D eigenvalue weighted by Gasteiger charge is 2.68. The molecule has 5 aliphatic carbocycles. The molecule has 0 heterocycles. The van der Waals surface area contributed by atoms with Crippen LogP contribution in [-0.4, -0.2) is 11.2 Å². The minimum Gasteiger partial charge on any atom is -0.393 e. The summed E-state index contributed by atoms with van der Waals surface area (Å²) < 4.78 is 0. The molecule has 0 spiro atoms. The smallest absolute Gasteiger partial charge is 0.0594 e. The van der Waals surface area contributed by atoms with E-state index in [-0.39, 0.29) is 11.5 Å². The number of aliphatic hydroxyl groups excluding tert-OH is 1. The van der Waals surface area contributed by atoms with Gasteiger partial charge in [-0.15, -0.1) is 0 Å². The van der Waals surface area contributed by atoms with E-state index in [0.717, 1.165) is 24.2 Å². The second kappa shape index (κ2) is 6.67. The number of fused-ring (bicyclic) bond motifs is 7. The summed E-state index contributed by atoms with van der Waals surface area (Å²) in [5.41, 5.74) is 3.97. The highest BCUT2D eigenvalue weighted by Crippen LogP contribution is 2.76. The van der Waals surface area contributed by atoms with Crippen LogP contribution in [0.15, 0.2) is 11.6 Å². The Kier molecular flexibility index (Phi) is 4.89. The maximum Gasteiger partial charge on any atom is 0.0594 e. The maximum atomic E-state index is 10.9. The highest BCUT2D eigenvalue weighted by atomic mass is 16.3. The number of rotatable bonds is 0. The van der Waals surface area contributed by atoms with Crippen molar-refractivity contribution in [3.05, 3.63) is 11.6 Å². The summed E-state index contributed by atoms with van der Waals surface area (Å²) in [4.78, 5) is 0. The predicted molar refractivity (Wildman–Crippen MR) is 135 cm³/mol. The van der Waals surface area contributed by atoms with Gasteiger partial charge in [-0.25, -0.2) is 0 Å². The normalized spacial score (nSPS) is 56.2. The zero-order valence-corrected chi connectivity index (χ0v) is 22.8. The van der Waals surface area contributed by atoms with Gasteiger partial charge in [0.15, 0.2) is 0 Å². The van der Waals surface area contributed by atoms with Gasteiger partial charge in [0, 0.05) is 0 Å². The molecule has 0 amide bonds. The van der Waals surface area contributed by atoms with Crippen molar-refractivity contribution in [2.45, 2.75) is 126 Å². The number of hydrogen-bond donors (Lipinski definition) is 1. The molecule has 32 heavy (non-hydrogen) atoms. The van der Waals surface area contributed by atoms with Crippen molar-refractivity contribution in [3.8, 4) is 0 Å². The van der Waals surface area contributed by atoms with E-state index < -0.39 is 0 Å². The second-order valence-electron chi connectivity index (χ2n) is 15.6. The third-order valence-corrected chi connectivity index (χ3v) is 13.9. The van der Waals surface area contributed by atoms with Crippen molar-refractivity contribution >= 4 is 0 Å². The fourth-order valence-electron chi connectivity index (χ4n) is 10.9. The Labute approximate surface area is 199 Å². The van der Waals surface area contributed by atoms with Crippen LogP contribution in [-0.2, 0) is 0 Å². The molecule has 0 aromatic rings. The molecule has 0 aromatic heterocycles. The third kappa shape index (κ3) is 2.67. The average Bonchev–Trinajstić information content (AvgIpc) is 2.70. The van der Waals surface area contributed by atoms with Crippen LogP contribution in [0.4, 0.5) is 0 Å². The van der Waals surface area contributed by atoms with E-state index >= 15 is 0 Å². The van der Waals surface area contributed by atoms with Gasteiger partial charge in [0.2, 0.25) is 0 Å². The first-order valence-corrected chi connectivity index (χ1v) is 14.0. The van der Waals surface area contributed by atoms with Crippen LogP contribution in [0.2, 0.25) is 0 Å². The van der Waals surface area contributed by atoms with Gasteiger partial charge in [0.25, 0.3) is 0 Å². The monoisotopic (exact) mass is 440 g/mol. The summed E-state index contributed by atoms with van der Waals surface area (Å²) in [7, 11) is 0. The van der Waals surface area contributed by atoms with E-state index in [9.17, 15) is 5.11 Å². The van der Waals surface area contributed by atoms with Crippen LogP contribution in [0.3, 0.4) is 0 Å². The summed E-state index contributed by atoms with van der Waals surface area (Å²) in [6, 6.07) is 0. The molecule has 1 N–H and O–H groups in total. The van der Waals surface area contributed by atoms with Crippen LogP contribution >= 0.6 is 0 Å². The lowest BCUT2D eigenvalue weighted by Gasteiger charge is -2.72. The molecular formula is C31H52O. The van der Waals surface area contributed by atoms with Gasteiger partial charge < -0.3 is 5.11 Å². The van der Waals surface area contributed by atoms with Gasteiger partial charge in [0.1, 0.15) is 0 Å². The SMILES string of the molecule is CC1C2C3=CCC4[C@@]5(C)CC[C@H](O)C(C)(C)C5CC[C@@]4(C)[C@]3(C)CC[C@@]2(C)CCC1(C)C. The molecule has 5 aliphatic rings. The van der Waals surface area contributed by atoms with Crippen LogP contribution in [0, 0.1) is 56.2 Å². The van der Waals surface area contributed by atoms with Crippen molar-refractivity contribution in [1.29, 1.82) is 0 Å². The predicted octanol–water partition coefficient (Wildman–Crippen LogP) is 8.41. The topological polar surface area (TPSA) is 20.2 Å². The van der Waals surface area contributed by atoms with Gasteiger partial charge in [-0.2, -0.15) is 0 Å². The van der Waals surface area contributed by atoms with Crippen LogP contribution in [0.1, 0.15) is 120 Å². The van der Waals surface area contributed by atoms with Crippen molar-refractivity contribution in [2.24, 2.45) is 56.2 Å². The molecule has 0 radical (unpaired) electrons. The van der Waals surface area contributed by atoms with Crippen LogP contribution < -0.4 is 0 Å². The molecule has 4 unspecified atom stereocenters. The summed E-state index contributed by atoms with van der Waals surface area (Å²) >= 11 is 0. The first kappa shape index (κ1) is 23.4. The molecule has 4 fully saturated rings. The minimum absolute atomic E-state index is 0.0479. The summed E-state index contributed by atoms with van der Waals surface area (Å²) in [6.45, 7) is 23.1. The average molecular weight is 441 g/mol. The lowest BCUT2D eigenvalue weighted by molar-refractivity contribution is -0.204. The van der Waals surface area contributed by atoms with Crippen molar-refractivity contribution < 1.29 is 5.11 Å². The van der Waals surface area contributed by atoms with Gasteiger partial charge >= 0.3 is 0 Å². The molecular weight excluding hydrogens is 388 g/mol. The highest BCUT2D eigenvalue weighted by molar-refractivity contribution is 5.34. The fraction of sp³-hybridized carbons (Fsp3) is 0.935. The van der Waals surface area contributed by atoms with Crippen molar-refractivity contribution in [2.75, 3.05) is 0 Å². The zero-order chi connectivity index (χ0) is 23.5. The molecule has 0 aromatic carbocycles. The Balaban J connectivity index is 1.60. The molecule has 1 nitrogen and oxygen atoms in total. The first-order valence-electron chi connectivity index (χ1n) is 14.0. The van der Waals surface area contributed by atoms with E-state index in [4.69, 9.17) is 0 Å². The largest absolute Gasteiger partial charge is 0.393 e. The first-order chi connectivity index (χ1) is 14.6. The Morgan fingerprint density at radius 1 is 0.781 bits per heavy atom. The molecule has 0 saturated heterocycles. The van der Waals surface area contributed by atoms with Gasteiger partial charge in [-0.3, -0.25) is 0 Å². The van der Waals surface area contributed by atoms with Crippen LogP contribution in [0.25, 0.3) is 0 Å². The molecule has 0 aliphatic heterocycles. The molecule has 5 rings (SSSR count). The summed E-state index contributed by atoms with van der Waals surface area (Å²) in [5, 5.41) is 10.9. The zero-order valence-electron chi connectivity index (χ0n) is 22.8. The number of hydrogen-bond acceptors (Lipinski definition) is 1. The van der Waals surface area contributed by atoms with E-state index in [0.29, 0.717) is 33.0 Å². The van der Waals surface area contributed by atoms with Crippen molar-refractivity contribution in [3.63, 3.8) is 0 Å². The van der Waals surface area contributed by atoms with E-state index in [1.807, 2.05) is 5.57 Å². The van der Waals surface area contributed by atoms with E-state index in [1.54, 1.807) is 0 Å². The Morgan fingerprint density at radius 2 is 1.44 bits per heavy atom. The van der Waals surface area contributed by atoms with Crippen molar-refractivity contribution in [1.82, 2.24) is 0 Å². The molecule has 182 valence electrons. The van der Waals surface area contributed by atoms with E-state index in [1.165, 1.54) is 51.4 Å².